The normalized spacial score (nSPS) is 10.3. The predicted octanol–water partition coefficient (Wildman–Crippen LogP) is 3.89. The van der Waals surface area contributed by atoms with Crippen LogP contribution in [-0.4, -0.2) is 26.2 Å². The fraction of sp³-hybridized carbons (Fsp3) is 0.316. The lowest BCUT2D eigenvalue weighted by molar-refractivity contribution is 0.0601. The first kappa shape index (κ1) is 16.9. The molecule has 0 aromatic heterocycles. The Kier molecular flexibility index (Phi) is 5.63. The van der Waals surface area contributed by atoms with Gasteiger partial charge in [-0.3, -0.25) is 0 Å². The summed E-state index contributed by atoms with van der Waals surface area (Å²) in [7, 11) is 1.39. The first-order valence-corrected chi connectivity index (χ1v) is 7.64. The molecule has 0 amide bonds. The van der Waals surface area contributed by atoms with Crippen LogP contribution in [0.5, 0.6) is 5.75 Å². The van der Waals surface area contributed by atoms with Gasteiger partial charge in [-0.05, 0) is 49.6 Å². The largest absolute Gasteiger partial charge is 0.491 e. The Morgan fingerprint density at radius 3 is 2.61 bits per heavy atom. The van der Waals surface area contributed by atoms with E-state index in [-0.39, 0.29) is 5.97 Å². The summed E-state index contributed by atoms with van der Waals surface area (Å²) in [5, 5.41) is 3.28. The molecule has 4 heteroatoms. The third kappa shape index (κ3) is 4.25. The van der Waals surface area contributed by atoms with Crippen LogP contribution in [0.25, 0.3) is 0 Å². The standard InChI is InChI=1S/C19H23NO3/c1-13-8-9-14(2)17(12-13)23-11-10-20-18-15(3)6-5-7-16(18)19(21)22-4/h5-9,12,20H,10-11H2,1-4H3. The number of nitrogens with one attached hydrogen (secondary N) is 1. The Bertz CT molecular complexity index is 695. The van der Waals surface area contributed by atoms with Crippen LogP contribution in [0.2, 0.25) is 0 Å². The topological polar surface area (TPSA) is 47.6 Å². The minimum Gasteiger partial charge on any atom is -0.491 e. The zero-order valence-electron chi connectivity index (χ0n) is 14.1. The molecule has 0 heterocycles. The second-order valence-corrected chi connectivity index (χ2v) is 5.53. The molecule has 2 aromatic carbocycles. The number of ether oxygens (including phenoxy) is 2. The van der Waals surface area contributed by atoms with Gasteiger partial charge in [0.1, 0.15) is 12.4 Å². The van der Waals surface area contributed by atoms with Crippen LogP contribution in [0.15, 0.2) is 36.4 Å². The molecule has 0 fully saturated rings. The third-order valence-corrected chi connectivity index (χ3v) is 3.68. The van der Waals surface area contributed by atoms with Crippen LogP contribution in [0, 0.1) is 20.8 Å². The predicted molar refractivity (Wildman–Crippen MR) is 92.4 cm³/mol. The van der Waals surface area contributed by atoms with Crippen molar-refractivity contribution in [2.75, 3.05) is 25.6 Å². The summed E-state index contributed by atoms with van der Waals surface area (Å²) in [5.41, 5.74) is 4.62. The fourth-order valence-corrected chi connectivity index (χ4v) is 2.38. The van der Waals surface area contributed by atoms with Gasteiger partial charge >= 0.3 is 5.97 Å². The minimum absolute atomic E-state index is 0.341. The van der Waals surface area contributed by atoms with Gasteiger partial charge in [0.05, 0.1) is 18.4 Å². The number of hydrogen-bond donors (Lipinski definition) is 1. The number of hydrogen-bond acceptors (Lipinski definition) is 4. The van der Waals surface area contributed by atoms with Crippen LogP contribution in [-0.2, 0) is 4.74 Å². The second-order valence-electron chi connectivity index (χ2n) is 5.53. The molecule has 0 saturated carbocycles. The Hall–Kier alpha value is -2.49. The average molecular weight is 313 g/mol. The van der Waals surface area contributed by atoms with Gasteiger partial charge in [-0.15, -0.1) is 0 Å². The molecule has 0 aliphatic carbocycles. The number of esters is 1. The Labute approximate surface area is 137 Å². The SMILES string of the molecule is COC(=O)c1cccc(C)c1NCCOc1cc(C)ccc1C. The van der Waals surface area contributed by atoms with Crippen LogP contribution >= 0.6 is 0 Å². The minimum atomic E-state index is -0.341. The molecule has 4 nitrogen and oxygen atoms in total. The third-order valence-electron chi connectivity index (χ3n) is 3.68. The van der Waals surface area contributed by atoms with Crippen molar-refractivity contribution in [2.45, 2.75) is 20.8 Å². The molecular weight excluding hydrogens is 290 g/mol. The van der Waals surface area contributed by atoms with E-state index in [2.05, 4.69) is 17.4 Å². The maximum atomic E-state index is 11.8. The van der Waals surface area contributed by atoms with Crippen molar-refractivity contribution in [3.05, 3.63) is 58.7 Å². The van der Waals surface area contributed by atoms with Crippen molar-refractivity contribution < 1.29 is 14.3 Å². The van der Waals surface area contributed by atoms with Gasteiger partial charge in [-0.1, -0.05) is 24.3 Å². The molecule has 0 spiro atoms. The Balaban J connectivity index is 1.99. The quantitative estimate of drug-likeness (QED) is 0.649. The number of aryl methyl sites for hydroxylation is 3. The second kappa shape index (κ2) is 7.68. The van der Waals surface area contributed by atoms with E-state index in [1.807, 2.05) is 39.0 Å². The van der Waals surface area contributed by atoms with Crippen molar-refractivity contribution in [3.8, 4) is 5.75 Å². The van der Waals surface area contributed by atoms with Gasteiger partial charge < -0.3 is 14.8 Å². The summed E-state index contributed by atoms with van der Waals surface area (Å²) in [4.78, 5) is 11.8. The lowest BCUT2D eigenvalue weighted by atomic mass is 10.1. The maximum absolute atomic E-state index is 11.8. The highest BCUT2D eigenvalue weighted by molar-refractivity contribution is 5.96. The van der Waals surface area contributed by atoms with Crippen LogP contribution in [0.3, 0.4) is 0 Å². The van der Waals surface area contributed by atoms with Gasteiger partial charge in [-0.2, -0.15) is 0 Å². The highest BCUT2D eigenvalue weighted by atomic mass is 16.5. The summed E-state index contributed by atoms with van der Waals surface area (Å²) < 4.78 is 10.7. The van der Waals surface area contributed by atoms with Crippen molar-refractivity contribution in [1.29, 1.82) is 0 Å². The number of methoxy groups -OCH3 is 1. The Morgan fingerprint density at radius 2 is 1.87 bits per heavy atom. The van der Waals surface area contributed by atoms with Crippen molar-refractivity contribution in [2.24, 2.45) is 0 Å². The molecule has 2 aromatic rings. The fourth-order valence-electron chi connectivity index (χ4n) is 2.38. The highest BCUT2D eigenvalue weighted by Crippen LogP contribution is 2.22. The van der Waals surface area contributed by atoms with Gasteiger partial charge in [0.25, 0.3) is 0 Å². The number of rotatable bonds is 6. The summed E-state index contributed by atoms with van der Waals surface area (Å²) in [6.07, 6.45) is 0. The Morgan fingerprint density at radius 1 is 1.09 bits per heavy atom. The summed E-state index contributed by atoms with van der Waals surface area (Å²) in [5.74, 6) is 0.552. The van der Waals surface area contributed by atoms with Crippen LogP contribution < -0.4 is 10.1 Å². The number of carbonyl (C=O) groups excluding carboxylic acids is 1. The van der Waals surface area contributed by atoms with Crippen molar-refractivity contribution in [1.82, 2.24) is 0 Å². The monoisotopic (exact) mass is 313 g/mol. The van der Waals surface area contributed by atoms with E-state index >= 15 is 0 Å². The maximum Gasteiger partial charge on any atom is 0.339 e. The zero-order valence-corrected chi connectivity index (χ0v) is 14.1. The molecule has 2 rings (SSSR count). The number of anilines is 1. The number of carbonyl (C=O) groups is 1. The summed E-state index contributed by atoms with van der Waals surface area (Å²) >= 11 is 0. The molecule has 0 unspecified atom stereocenters. The van der Waals surface area contributed by atoms with E-state index in [1.165, 1.54) is 12.7 Å². The van der Waals surface area contributed by atoms with E-state index in [0.29, 0.717) is 18.7 Å². The van der Waals surface area contributed by atoms with E-state index in [9.17, 15) is 4.79 Å². The van der Waals surface area contributed by atoms with Gasteiger partial charge in [0.2, 0.25) is 0 Å². The molecule has 0 atom stereocenters. The van der Waals surface area contributed by atoms with E-state index in [0.717, 1.165) is 22.6 Å². The zero-order chi connectivity index (χ0) is 16.8. The lowest BCUT2D eigenvalue weighted by Gasteiger charge is -2.15. The molecule has 0 aliphatic rings. The highest BCUT2D eigenvalue weighted by Gasteiger charge is 2.13. The van der Waals surface area contributed by atoms with Crippen molar-refractivity contribution >= 4 is 11.7 Å². The van der Waals surface area contributed by atoms with Crippen molar-refractivity contribution in [3.63, 3.8) is 0 Å². The first-order valence-electron chi connectivity index (χ1n) is 7.64. The van der Waals surface area contributed by atoms with Crippen LogP contribution in [0.1, 0.15) is 27.0 Å². The average Bonchev–Trinajstić information content (AvgIpc) is 2.54. The molecule has 23 heavy (non-hydrogen) atoms. The number of benzene rings is 2. The molecule has 1 N–H and O–H groups in total. The molecule has 0 saturated heterocycles. The van der Waals surface area contributed by atoms with Gasteiger partial charge in [0, 0.05) is 6.54 Å². The lowest BCUT2D eigenvalue weighted by Crippen LogP contribution is -2.15. The van der Waals surface area contributed by atoms with Gasteiger partial charge in [-0.25, -0.2) is 4.79 Å². The summed E-state index contributed by atoms with van der Waals surface area (Å²) in [6.45, 7) is 7.14. The van der Waals surface area contributed by atoms with E-state index < -0.39 is 0 Å². The molecular formula is C19H23NO3. The first-order chi connectivity index (χ1) is 11.0. The molecule has 0 aliphatic heterocycles. The molecule has 122 valence electrons. The van der Waals surface area contributed by atoms with E-state index in [1.54, 1.807) is 6.07 Å². The van der Waals surface area contributed by atoms with Gasteiger partial charge in [0.15, 0.2) is 0 Å². The van der Waals surface area contributed by atoms with Crippen LogP contribution in [0.4, 0.5) is 5.69 Å². The summed E-state index contributed by atoms with van der Waals surface area (Å²) in [6, 6.07) is 11.7. The smallest absolute Gasteiger partial charge is 0.339 e. The van der Waals surface area contributed by atoms with E-state index in [4.69, 9.17) is 9.47 Å². The number of para-hydroxylation sites is 1. The molecule has 0 bridgehead atoms. The molecule has 0 radical (unpaired) electrons.